The summed E-state index contributed by atoms with van der Waals surface area (Å²) < 4.78 is 7.15. The lowest BCUT2D eigenvalue weighted by Gasteiger charge is -2.26. The highest BCUT2D eigenvalue weighted by Crippen LogP contribution is 2.47. The maximum absolute atomic E-state index is 2.38. The minimum atomic E-state index is 1.10. The third-order valence-electron chi connectivity index (χ3n) is 28.1. The van der Waals surface area contributed by atoms with Gasteiger partial charge >= 0.3 is 0 Å². The summed E-state index contributed by atoms with van der Waals surface area (Å²) >= 11 is 0. The first-order valence-corrected chi connectivity index (χ1v) is 49.3. The van der Waals surface area contributed by atoms with E-state index in [-0.39, 0.29) is 0 Å². The van der Waals surface area contributed by atoms with Crippen LogP contribution in [-0.4, -0.2) is 13.7 Å². The number of fused-ring (bicyclic) bond motifs is 12. The van der Waals surface area contributed by atoms with Crippen molar-refractivity contribution in [3.8, 4) is 83.8 Å². The van der Waals surface area contributed by atoms with Gasteiger partial charge in [-0.1, -0.05) is 413 Å². The van der Waals surface area contributed by atoms with E-state index in [1.807, 2.05) is 0 Å². The van der Waals surface area contributed by atoms with E-state index in [0.29, 0.717) is 0 Å². The Hall–Kier alpha value is -19.1. The van der Waals surface area contributed by atoms with Crippen LogP contribution >= 0.6 is 0 Å². The second kappa shape index (κ2) is 38.3. The van der Waals surface area contributed by atoms with E-state index in [4.69, 9.17) is 0 Å². The summed E-state index contributed by atoms with van der Waals surface area (Å²) in [6.07, 6.45) is 0. The molecule has 0 spiro atoms. The quantitative estimate of drug-likeness (QED) is 0.0856. The molecule has 0 saturated carbocycles. The molecular weight excluding hydrogens is 1740 g/mol. The van der Waals surface area contributed by atoms with Crippen molar-refractivity contribution in [1.82, 2.24) is 13.7 Å². The molecule has 3 heterocycles. The Bertz CT molecular complexity index is 8810. The van der Waals surface area contributed by atoms with Gasteiger partial charge in [0.2, 0.25) is 0 Å². The van der Waals surface area contributed by atoms with Gasteiger partial charge in [-0.05, 0) is 269 Å². The van der Waals surface area contributed by atoms with Gasteiger partial charge in [0.15, 0.2) is 0 Å². The second-order valence-electron chi connectivity index (χ2n) is 36.7. The first-order chi connectivity index (χ1) is 71.4. The Morgan fingerprint density at radius 1 is 0.111 bits per heavy atom. The van der Waals surface area contributed by atoms with Crippen molar-refractivity contribution < 1.29 is 0 Å². The summed E-state index contributed by atoms with van der Waals surface area (Å²) in [4.78, 5) is 7.08. The molecule has 0 N–H and O–H groups in total. The zero-order chi connectivity index (χ0) is 95.6. The standard InChI is InChI=1S/3C46H32N2/c2*1-2-12-33(13-3-1)34-24-28-37(29-25-34)47(38-30-26-36(27-31-38)42-21-10-15-35-14-4-5-18-41(35)42)39-16-11-17-40(32-39)48-45-22-8-6-19-43(45)44-20-7-9-23-46(44)48;1-2-11-33(12-3-1)35-23-27-39(28-24-35)47(40-29-25-36(26-30-40)38-22-21-34-13-4-5-14-37(34)31-38)41-15-10-16-42(32-41)48-45-19-8-6-17-43(45)44-18-7-9-20-46(44)48/h3*1-32H. The number of hydrogen-bond donors (Lipinski definition) is 0. The lowest BCUT2D eigenvalue weighted by Crippen LogP contribution is -2.10. The second-order valence-corrected chi connectivity index (χ2v) is 36.7. The monoisotopic (exact) mass is 1840 g/mol. The molecule has 0 radical (unpaired) electrons. The van der Waals surface area contributed by atoms with Gasteiger partial charge in [-0.25, -0.2) is 0 Å². The van der Waals surface area contributed by atoms with Crippen LogP contribution in [0.25, 0.3) is 182 Å². The number of aromatic nitrogens is 3. The first-order valence-electron chi connectivity index (χ1n) is 49.3. The zero-order valence-electron chi connectivity index (χ0n) is 79.1. The van der Waals surface area contributed by atoms with Crippen LogP contribution in [0.1, 0.15) is 0 Å². The average Bonchev–Trinajstić information content (AvgIpc) is 1.60. The summed E-state index contributed by atoms with van der Waals surface area (Å²) in [7, 11) is 0. The number of benzene rings is 24. The lowest BCUT2D eigenvalue weighted by atomic mass is 9.98. The zero-order valence-corrected chi connectivity index (χ0v) is 79.1. The molecule has 0 aliphatic carbocycles. The molecule has 0 aliphatic heterocycles. The SMILES string of the molecule is c1ccc(-c2ccc(N(c3ccc(-c4ccc5ccccc5c4)cc3)c3cccc(-n4c5ccccc5c5ccccc54)c3)cc2)cc1.c1ccc(-c2ccc(N(c3ccc(-c4cccc5ccccc45)cc3)c3cccc(-n4c5ccccc5c5ccccc54)c3)cc2)cc1.c1ccc(-c2ccc(N(c3ccc(-c4cccc5ccccc45)cc3)c3cccc(-n4c5ccccc5c5ccccc54)c3)cc2)cc1. The molecule has 0 saturated heterocycles. The van der Waals surface area contributed by atoms with Crippen molar-refractivity contribution in [3.63, 3.8) is 0 Å². The van der Waals surface area contributed by atoms with Crippen LogP contribution in [0.2, 0.25) is 0 Å². The topological polar surface area (TPSA) is 24.5 Å². The van der Waals surface area contributed by atoms with E-state index in [1.54, 1.807) is 0 Å². The molecular formula is C138H96N6. The molecule has 0 atom stereocenters. The summed E-state index contributed by atoms with van der Waals surface area (Å²) in [5, 5.41) is 15.1. The third-order valence-corrected chi connectivity index (χ3v) is 28.1. The van der Waals surface area contributed by atoms with Crippen LogP contribution < -0.4 is 14.7 Å². The lowest BCUT2D eigenvalue weighted by molar-refractivity contribution is 1.17. The molecule has 0 bridgehead atoms. The maximum atomic E-state index is 2.38. The average molecular weight is 1840 g/mol. The van der Waals surface area contributed by atoms with Crippen molar-refractivity contribution in [2.24, 2.45) is 0 Å². The van der Waals surface area contributed by atoms with Crippen molar-refractivity contribution in [1.29, 1.82) is 0 Å². The van der Waals surface area contributed by atoms with Crippen LogP contribution in [0.3, 0.4) is 0 Å². The predicted octanol–water partition coefficient (Wildman–Crippen LogP) is 38.2. The molecule has 6 heteroatoms. The van der Waals surface area contributed by atoms with Gasteiger partial charge in [0, 0.05) is 101 Å². The fourth-order valence-electron chi connectivity index (χ4n) is 21.3. The van der Waals surface area contributed by atoms with E-state index in [0.717, 1.165) is 68.2 Å². The molecule has 0 aliphatic rings. The molecule has 27 rings (SSSR count). The summed E-state index contributed by atoms with van der Waals surface area (Å²) in [5.41, 5.74) is 35.0. The first kappa shape index (κ1) is 86.4. The van der Waals surface area contributed by atoms with E-state index < -0.39 is 0 Å². The maximum Gasteiger partial charge on any atom is 0.0541 e. The molecule has 678 valence electrons. The van der Waals surface area contributed by atoms with Crippen molar-refractivity contribution in [2.75, 3.05) is 14.7 Å². The van der Waals surface area contributed by atoms with Crippen LogP contribution in [-0.2, 0) is 0 Å². The molecule has 3 aromatic heterocycles. The Labute approximate surface area is 837 Å². The van der Waals surface area contributed by atoms with E-state index in [9.17, 15) is 0 Å². The number of anilines is 9. The third kappa shape index (κ3) is 16.7. The minimum Gasteiger partial charge on any atom is -0.310 e. The summed E-state index contributed by atoms with van der Waals surface area (Å²) in [5.74, 6) is 0. The molecule has 0 fully saturated rings. The highest BCUT2D eigenvalue weighted by molar-refractivity contribution is 6.12. The van der Waals surface area contributed by atoms with Crippen molar-refractivity contribution in [3.05, 3.63) is 582 Å². The predicted molar refractivity (Wildman–Crippen MR) is 612 cm³/mol. The smallest absolute Gasteiger partial charge is 0.0541 e. The molecule has 0 amide bonds. The Morgan fingerprint density at radius 2 is 0.319 bits per heavy atom. The van der Waals surface area contributed by atoms with Gasteiger partial charge in [0.1, 0.15) is 0 Å². The van der Waals surface area contributed by atoms with Gasteiger partial charge in [0.05, 0.1) is 33.1 Å². The van der Waals surface area contributed by atoms with Gasteiger partial charge in [0.25, 0.3) is 0 Å². The van der Waals surface area contributed by atoms with Crippen molar-refractivity contribution >= 4 is 149 Å². The van der Waals surface area contributed by atoms with Gasteiger partial charge in [-0.15, -0.1) is 0 Å². The normalized spacial score (nSPS) is 11.3. The summed E-state index contributed by atoms with van der Waals surface area (Å²) in [6.45, 7) is 0. The van der Waals surface area contributed by atoms with Crippen LogP contribution in [0, 0.1) is 0 Å². The van der Waals surface area contributed by atoms with E-state index >= 15 is 0 Å². The Morgan fingerprint density at radius 3 is 0.611 bits per heavy atom. The number of para-hydroxylation sites is 6. The highest BCUT2D eigenvalue weighted by Gasteiger charge is 2.24. The van der Waals surface area contributed by atoms with Crippen molar-refractivity contribution in [2.45, 2.75) is 0 Å². The molecule has 0 unspecified atom stereocenters. The van der Waals surface area contributed by atoms with E-state index in [2.05, 4.69) is 611 Å². The molecule has 27 aromatic rings. The number of hydrogen-bond acceptors (Lipinski definition) is 3. The fraction of sp³-hybridized carbons (Fsp3) is 0. The highest BCUT2D eigenvalue weighted by atomic mass is 15.2. The van der Waals surface area contributed by atoms with Gasteiger partial charge in [-0.2, -0.15) is 0 Å². The largest absolute Gasteiger partial charge is 0.310 e. The fourth-order valence-corrected chi connectivity index (χ4v) is 21.3. The Balaban J connectivity index is 0.000000113. The van der Waals surface area contributed by atoms with Gasteiger partial charge < -0.3 is 28.4 Å². The van der Waals surface area contributed by atoms with Gasteiger partial charge in [-0.3, -0.25) is 0 Å². The minimum absolute atomic E-state index is 1.10. The van der Waals surface area contributed by atoms with Crippen LogP contribution in [0.4, 0.5) is 51.2 Å². The summed E-state index contributed by atoms with van der Waals surface area (Å²) in [6, 6.07) is 210. The molecule has 24 aromatic carbocycles. The number of nitrogens with zero attached hydrogens (tertiary/aromatic N) is 6. The van der Waals surface area contributed by atoms with E-state index in [1.165, 1.54) is 164 Å². The molecule has 144 heavy (non-hydrogen) atoms. The Kier molecular flexibility index (Phi) is 23.0. The number of rotatable bonds is 18. The van der Waals surface area contributed by atoms with Crippen LogP contribution in [0.15, 0.2) is 582 Å². The molecule has 6 nitrogen and oxygen atoms in total. The van der Waals surface area contributed by atoms with Crippen LogP contribution in [0.5, 0.6) is 0 Å².